The van der Waals surface area contributed by atoms with Crippen LogP contribution in [0, 0.1) is 0 Å². The summed E-state index contributed by atoms with van der Waals surface area (Å²) in [7, 11) is 0. The minimum Gasteiger partial charge on any atom is -0.205 e. The maximum Gasteiger partial charge on any atom is 0.171 e. The zero-order valence-electron chi connectivity index (χ0n) is 22.2. The van der Waals surface area contributed by atoms with Gasteiger partial charge in [-0.3, -0.25) is 0 Å². The summed E-state index contributed by atoms with van der Waals surface area (Å²) in [6.45, 7) is 5.79. The predicted octanol–water partition coefficient (Wildman–Crippen LogP) is 10.1. The van der Waals surface area contributed by atoms with Crippen LogP contribution in [0.25, 0.3) is 0 Å². The lowest BCUT2D eigenvalue weighted by molar-refractivity contribution is -0.697. The normalized spacial score (nSPS) is 11.3. The fourth-order valence-electron chi connectivity index (χ4n) is 4.82. The summed E-state index contributed by atoms with van der Waals surface area (Å²) in [5, 5.41) is 0. The van der Waals surface area contributed by atoms with Gasteiger partial charge in [-0.2, -0.15) is 0 Å². The minimum absolute atomic E-state index is 1.19. The molecular weight excluding hydrogens is 386 g/mol. The van der Waals surface area contributed by atoms with Gasteiger partial charge in [0.15, 0.2) is 12.4 Å². The van der Waals surface area contributed by atoms with Crippen molar-refractivity contribution in [2.75, 3.05) is 0 Å². The van der Waals surface area contributed by atoms with Crippen molar-refractivity contribution in [3.05, 3.63) is 30.1 Å². The predicted molar refractivity (Wildman–Crippen MR) is 143 cm³/mol. The first kappa shape index (κ1) is 29.2. The number of pyridine rings is 1. The molecule has 0 saturated carbocycles. The van der Waals surface area contributed by atoms with Gasteiger partial charge in [0.05, 0.1) is 0 Å². The van der Waals surface area contributed by atoms with Crippen molar-refractivity contribution in [3.63, 3.8) is 0 Å². The van der Waals surface area contributed by atoms with Gasteiger partial charge in [-0.05, 0) is 25.3 Å². The number of nitrogens with zero attached hydrogens (tertiary/aromatic N) is 1. The molecule has 1 nitrogen and oxygen atoms in total. The van der Waals surface area contributed by atoms with Crippen LogP contribution in [-0.4, -0.2) is 0 Å². The highest BCUT2D eigenvalue weighted by Gasteiger charge is 2.03. The average molecular weight is 445 g/mol. The van der Waals surface area contributed by atoms with Crippen LogP contribution in [-0.2, 0) is 13.0 Å². The Labute approximate surface area is 202 Å². The molecular formula is C31H58N+. The molecule has 1 heterocycles. The van der Waals surface area contributed by atoms with E-state index in [0.717, 1.165) is 0 Å². The van der Waals surface area contributed by atoms with E-state index in [2.05, 4.69) is 42.9 Å². The SMILES string of the molecule is CCCCCCCCCCCCCCCCCc1ccc[n+](CCCCCCCCC)c1. The standard InChI is InChI=1S/C31H58N/c1-3-5-7-9-11-12-13-14-15-16-17-18-19-21-23-26-31-27-25-29-32(30-31)28-24-22-20-10-8-6-4-2/h25,27,29-30H,3-24,26,28H2,1-2H3/q+1. The van der Waals surface area contributed by atoms with E-state index < -0.39 is 0 Å². The van der Waals surface area contributed by atoms with Crippen LogP contribution in [0.4, 0.5) is 0 Å². The fraction of sp³-hybridized carbons (Fsp3) is 0.839. The third-order valence-corrected chi connectivity index (χ3v) is 7.01. The van der Waals surface area contributed by atoms with Crippen LogP contribution in [0.1, 0.15) is 161 Å². The molecule has 32 heavy (non-hydrogen) atoms. The van der Waals surface area contributed by atoms with Crippen molar-refractivity contribution in [2.24, 2.45) is 0 Å². The van der Waals surface area contributed by atoms with Crippen molar-refractivity contribution >= 4 is 0 Å². The Morgan fingerprint density at radius 3 is 1.38 bits per heavy atom. The second-order valence-electron chi connectivity index (χ2n) is 10.3. The molecule has 0 aliphatic heterocycles. The lowest BCUT2D eigenvalue weighted by Gasteiger charge is -2.04. The van der Waals surface area contributed by atoms with Crippen molar-refractivity contribution in [1.82, 2.24) is 0 Å². The zero-order valence-corrected chi connectivity index (χ0v) is 22.2. The fourth-order valence-corrected chi connectivity index (χ4v) is 4.82. The molecule has 0 bridgehead atoms. The number of hydrogen-bond donors (Lipinski definition) is 0. The monoisotopic (exact) mass is 444 g/mol. The Kier molecular flexibility index (Phi) is 21.3. The first-order chi connectivity index (χ1) is 15.9. The Bertz CT molecular complexity index is 495. The molecule has 0 amide bonds. The number of unbranched alkanes of at least 4 members (excludes halogenated alkanes) is 20. The summed E-state index contributed by atoms with van der Waals surface area (Å²) in [5.41, 5.74) is 1.53. The quantitative estimate of drug-likeness (QED) is 0.110. The summed E-state index contributed by atoms with van der Waals surface area (Å²) in [4.78, 5) is 0. The Balaban J connectivity index is 1.90. The van der Waals surface area contributed by atoms with Gasteiger partial charge in [-0.1, -0.05) is 136 Å². The number of aryl methyl sites for hydroxylation is 2. The molecule has 186 valence electrons. The van der Waals surface area contributed by atoms with Gasteiger partial charge in [0.2, 0.25) is 0 Å². The molecule has 0 unspecified atom stereocenters. The van der Waals surface area contributed by atoms with Crippen molar-refractivity contribution in [3.8, 4) is 0 Å². The largest absolute Gasteiger partial charge is 0.205 e. The molecule has 1 aromatic rings. The molecule has 0 radical (unpaired) electrons. The van der Waals surface area contributed by atoms with E-state index in [9.17, 15) is 0 Å². The van der Waals surface area contributed by atoms with Gasteiger partial charge >= 0.3 is 0 Å². The molecule has 1 heteroatoms. The molecule has 0 fully saturated rings. The second-order valence-corrected chi connectivity index (χ2v) is 10.3. The van der Waals surface area contributed by atoms with Crippen molar-refractivity contribution in [2.45, 2.75) is 168 Å². The lowest BCUT2D eigenvalue weighted by atomic mass is 10.0. The smallest absolute Gasteiger partial charge is 0.171 e. The molecule has 0 N–H and O–H groups in total. The topological polar surface area (TPSA) is 3.88 Å². The Morgan fingerprint density at radius 2 is 0.906 bits per heavy atom. The molecule has 0 saturated heterocycles. The highest BCUT2D eigenvalue weighted by molar-refractivity contribution is 5.05. The van der Waals surface area contributed by atoms with Gasteiger partial charge in [-0.15, -0.1) is 0 Å². The van der Waals surface area contributed by atoms with E-state index >= 15 is 0 Å². The maximum absolute atomic E-state index is 2.42. The highest BCUT2D eigenvalue weighted by Crippen LogP contribution is 2.14. The molecule has 1 rings (SSSR count). The summed E-state index contributed by atoms with van der Waals surface area (Å²) in [6.07, 6.45) is 37.3. The Morgan fingerprint density at radius 1 is 0.500 bits per heavy atom. The van der Waals surface area contributed by atoms with Crippen LogP contribution in [0.5, 0.6) is 0 Å². The zero-order chi connectivity index (χ0) is 23.0. The lowest BCUT2D eigenvalue weighted by Crippen LogP contribution is -2.33. The van der Waals surface area contributed by atoms with Crippen LogP contribution in [0.3, 0.4) is 0 Å². The van der Waals surface area contributed by atoms with Crippen LogP contribution in [0.15, 0.2) is 24.5 Å². The van der Waals surface area contributed by atoms with Crippen LogP contribution < -0.4 is 4.57 Å². The van der Waals surface area contributed by atoms with Crippen LogP contribution in [0.2, 0.25) is 0 Å². The first-order valence-electron chi connectivity index (χ1n) is 14.8. The molecule has 0 aliphatic rings. The minimum atomic E-state index is 1.19. The van der Waals surface area contributed by atoms with Crippen molar-refractivity contribution in [1.29, 1.82) is 0 Å². The summed E-state index contributed by atoms with van der Waals surface area (Å²) < 4.78 is 2.42. The number of hydrogen-bond acceptors (Lipinski definition) is 0. The highest BCUT2D eigenvalue weighted by atomic mass is 14.9. The van der Waals surface area contributed by atoms with E-state index in [4.69, 9.17) is 0 Å². The number of aromatic nitrogens is 1. The van der Waals surface area contributed by atoms with E-state index in [1.165, 1.54) is 160 Å². The molecule has 0 spiro atoms. The molecule has 0 aliphatic carbocycles. The summed E-state index contributed by atoms with van der Waals surface area (Å²) in [5.74, 6) is 0. The molecule has 1 aromatic heterocycles. The maximum atomic E-state index is 2.42. The van der Waals surface area contributed by atoms with Gasteiger partial charge < -0.3 is 0 Å². The summed E-state index contributed by atoms with van der Waals surface area (Å²) >= 11 is 0. The van der Waals surface area contributed by atoms with Gasteiger partial charge in [0, 0.05) is 18.1 Å². The third kappa shape index (κ3) is 18.7. The molecule has 0 aromatic carbocycles. The van der Waals surface area contributed by atoms with Crippen molar-refractivity contribution < 1.29 is 4.57 Å². The average Bonchev–Trinajstić information content (AvgIpc) is 2.81. The van der Waals surface area contributed by atoms with E-state index in [0.29, 0.717) is 0 Å². The van der Waals surface area contributed by atoms with Crippen LogP contribution >= 0.6 is 0 Å². The van der Waals surface area contributed by atoms with E-state index in [1.807, 2.05) is 0 Å². The van der Waals surface area contributed by atoms with Gasteiger partial charge in [0.25, 0.3) is 0 Å². The third-order valence-electron chi connectivity index (χ3n) is 7.01. The second kappa shape index (κ2) is 23.3. The van der Waals surface area contributed by atoms with E-state index in [-0.39, 0.29) is 0 Å². The van der Waals surface area contributed by atoms with Gasteiger partial charge in [-0.25, -0.2) is 4.57 Å². The van der Waals surface area contributed by atoms with E-state index in [1.54, 1.807) is 0 Å². The first-order valence-corrected chi connectivity index (χ1v) is 14.8. The number of rotatable bonds is 24. The van der Waals surface area contributed by atoms with Gasteiger partial charge in [0.1, 0.15) is 6.54 Å². The summed E-state index contributed by atoms with van der Waals surface area (Å²) in [6, 6.07) is 4.58. The molecule has 0 atom stereocenters. The Hall–Kier alpha value is -0.850.